The van der Waals surface area contributed by atoms with Crippen LogP contribution in [0.1, 0.15) is 17.3 Å². The lowest BCUT2D eigenvalue weighted by Crippen LogP contribution is -2.09. The highest BCUT2D eigenvalue weighted by atomic mass is 16.5. The molecular weight excluding hydrogens is 300 g/mol. The van der Waals surface area contributed by atoms with E-state index in [0.717, 1.165) is 16.6 Å². The summed E-state index contributed by atoms with van der Waals surface area (Å²) in [6.07, 6.45) is 3.42. The number of fused-ring (bicyclic) bond motifs is 1. The van der Waals surface area contributed by atoms with Crippen molar-refractivity contribution >= 4 is 11.5 Å². The van der Waals surface area contributed by atoms with E-state index in [4.69, 9.17) is 4.74 Å². The summed E-state index contributed by atoms with van der Waals surface area (Å²) < 4.78 is 6.96. The molecule has 0 spiro atoms. The topological polar surface area (TPSA) is 43.6 Å². The molecule has 4 nitrogen and oxygen atoms in total. The van der Waals surface area contributed by atoms with E-state index >= 15 is 0 Å². The summed E-state index contributed by atoms with van der Waals surface area (Å²) in [7, 11) is 0. The molecule has 0 saturated carbocycles. The Hall–Kier alpha value is -3.14. The predicted octanol–water partition coefficient (Wildman–Crippen LogP) is 4.30. The van der Waals surface area contributed by atoms with Gasteiger partial charge in [0.15, 0.2) is 0 Å². The average molecular weight is 318 g/mol. The molecule has 0 unspecified atom stereocenters. The largest absolute Gasteiger partial charge is 0.462 e. The van der Waals surface area contributed by atoms with Gasteiger partial charge in [0, 0.05) is 11.8 Å². The standard InChI is InChI=1S/C20H18N2O2/c1-2-24-20(23)17-15-21-22-14-10-13-18(22)19(17)16-11-8-6-4-3-5-7-9-12-16/h3-15H,2H2,1H3. The summed E-state index contributed by atoms with van der Waals surface area (Å²) in [5, 5.41) is 4.30. The fourth-order valence-corrected chi connectivity index (χ4v) is 2.52. The lowest BCUT2D eigenvalue weighted by Gasteiger charge is -2.10. The molecule has 4 heteroatoms. The van der Waals surface area contributed by atoms with Crippen LogP contribution in [0.25, 0.3) is 16.6 Å². The van der Waals surface area contributed by atoms with Crippen molar-refractivity contribution in [2.75, 3.05) is 6.61 Å². The second-order valence-electron chi connectivity index (χ2n) is 5.13. The number of ether oxygens (including phenoxy) is 1. The van der Waals surface area contributed by atoms with Gasteiger partial charge in [0.05, 0.1) is 23.9 Å². The number of esters is 1. The van der Waals surface area contributed by atoms with Crippen molar-refractivity contribution in [2.24, 2.45) is 0 Å². The van der Waals surface area contributed by atoms with Gasteiger partial charge < -0.3 is 4.74 Å². The Bertz CT molecular complexity index is 889. The number of hydrogen-bond donors (Lipinski definition) is 0. The molecule has 0 bridgehead atoms. The van der Waals surface area contributed by atoms with Crippen molar-refractivity contribution in [3.8, 4) is 11.1 Å². The normalized spacial score (nSPS) is 10.2. The Labute approximate surface area is 140 Å². The Balaban J connectivity index is 2.29. The second kappa shape index (κ2) is 7.42. The van der Waals surface area contributed by atoms with E-state index in [1.54, 1.807) is 17.6 Å². The number of carbonyl (C=O) groups excluding carboxylic acids is 1. The van der Waals surface area contributed by atoms with Crippen molar-refractivity contribution in [3.05, 3.63) is 84.7 Å². The number of rotatable bonds is 3. The minimum absolute atomic E-state index is 0.326. The van der Waals surface area contributed by atoms with Crippen molar-refractivity contribution in [1.82, 2.24) is 9.61 Å². The first-order chi connectivity index (χ1) is 11.8. The van der Waals surface area contributed by atoms with Crippen molar-refractivity contribution in [2.45, 2.75) is 6.92 Å². The summed E-state index contributed by atoms with van der Waals surface area (Å²) in [4.78, 5) is 12.4. The molecule has 0 N–H and O–H groups in total. The quantitative estimate of drug-likeness (QED) is 0.676. The molecule has 0 radical (unpaired) electrons. The lowest BCUT2D eigenvalue weighted by atomic mass is 10.0. The molecule has 3 rings (SSSR count). The molecule has 0 aliphatic carbocycles. The summed E-state index contributed by atoms with van der Waals surface area (Å²) in [5.41, 5.74) is 3.05. The van der Waals surface area contributed by atoms with Gasteiger partial charge in [-0.25, -0.2) is 9.31 Å². The Kier molecular flexibility index (Phi) is 4.87. The number of carbonyl (C=O) groups is 1. The van der Waals surface area contributed by atoms with Crippen molar-refractivity contribution in [1.29, 1.82) is 0 Å². The van der Waals surface area contributed by atoms with E-state index in [1.165, 1.54) is 0 Å². The number of hydrogen-bond acceptors (Lipinski definition) is 3. The molecular formula is C20H18N2O2. The van der Waals surface area contributed by atoms with Crippen LogP contribution in [-0.4, -0.2) is 22.2 Å². The molecule has 24 heavy (non-hydrogen) atoms. The van der Waals surface area contributed by atoms with Crippen LogP contribution in [0.15, 0.2) is 79.1 Å². The first-order valence-corrected chi connectivity index (χ1v) is 7.83. The summed E-state index contributed by atoms with van der Waals surface area (Å²) in [6.45, 7) is 2.12. The number of aromatic nitrogens is 2. The molecule has 0 fully saturated rings. The highest BCUT2D eigenvalue weighted by Crippen LogP contribution is 2.28. The van der Waals surface area contributed by atoms with Crippen LogP contribution in [0, 0.1) is 0 Å². The molecule has 1 aromatic carbocycles. The van der Waals surface area contributed by atoms with Crippen LogP contribution < -0.4 is 0 Å². The molecule has 120 valence electrons. The van der Waals surface area contributed by atoms with Crippen LogP contribution >= 0.6 is 0 Å². The van der Waals surface area contributed by atoms with E-state index in [0.29, 0.717) is 12.2 Å². The third kappa shape index (κ3) is 3.27. The third-order valence-electron chi connectivity index (χ3n) is 3.57. The molecule has 0 amide bonds. The van der Waals surface area contributed by atoms with E-state index in [9.17, 15) is 4.79 Å². The zero-order chi connectivity index (χ0) is 16.8. The average Bonchev–Trinajstić information content (AvgIpc) is 3.07. The molecule has 0 aliphatic rings. The van der Waals surface area contributed by atoms with Gasteiger partial charge in [-0.3, -0.25) is 0 Å². The fraction of sp³-hybridized carbons (Fsp3) is 0.100. The van der Waals surface area contributed by atoms with Gasteiger partial charge in [0.25, 0.3) is 0 Å². The van der Waals surface area contributed by atoms with Gasteiger partial charge >= 0.3 is 5.97 Å². The molecule has 2 heterocycles. The van der Waals surface area contributed by atoms with Gasteiger partial charge in [0.2, 0.25) is 0 Å². The molecule has 2 aromatic heterocycles. The second-order valence-corrected chi connectivity index (χ2v) is 5.13. The molecule has 3 aromatic rings. The summed E-state index contributed by atoms with van der Waals surface area (Å²) in [5.74, 6) is -0.366. The molecule has 0 saturated heterocycles. The maximum atomic E-state index is 12.4. The van der Waals surface area contributed by atoms with Gasteiger partial charge in [-0.1, -0.05) is 54.6 Å². The lowest BCUT2D eigenvalue weighted by molar-refractivity contribution is 0.0526. The number of nitrogens with zero attached hydrogens (tertiary/aromatic N) is 2. The minimum Gasteiger partial charge on any atom is -0.462 e. The first kappa shape index (κ1) is 15.7. The highest BCUT2D eigenvalue weighted by Gasteiger charge is 2.17. The van der Waals surface area contributed by atoms with Gasteiger partial charge in [-0.2, -0.15) is 5.10 Å². The van der Waals surface area contributed by atoms with E-state index in [1.807, 2.05) is 72.9 Å². The Morgan fingerprint density at radius 1 is 1.00 bits per heavy atom. The SMILES string of the molecule is CCOC(=O)c1cnn2cccc2c1-c1ccccccccc1. The Morgan fingerprint density at radius 2 is 1.67 bits per heavy atom. The van der Waals surface area contributed by atoms with Crippen molar-refractivity contribution in [3.63, 3.8) is 0 Å². The van der Waals surface area contributed by atoms with E-state index in [2.05, 4.69) is 5.10 Å². The third-order valence-corrected chi connectivity index (χ3v) is 3.57. The summed E-state index contributed by atoms with van der Waals surface area (Å²) in [6, 6.07) is 21.5. The van der Waals surface area contributed by atoms with Crippen LogP contribution in [-0.2, 0) is 4.74 Å². The van der Waals surface area contributed by atoms with Crippen LogP contribution in [0.4, 0.5) is 0 Å². The first-order valence-electron chi connectivity index (χ1n) is 7.83. The van der Waals surface area contributed by atoms with Crippen LogP contribution in [0.3, 0.4) is 0 Å². The Morgan fingerprint density at radius 3 is 2.33 bits per heavy atom. The van der Waals surface area contributed by atoms with E-state index < -0.39 is 0 Å². The van der Waals surface area contributed by atoms with Crippen molar-refractivity contribution < 1.29 is 9.53 Å². The maximum Gasteiger partial charge on any atom is 0.340 e. The van der Waals surface area contributed by atoms with Crippen LogP contribution in [0.5, 0.6) is 0 Å². The zero-order valence-corrected chi connectivity index (χ0v) is 13.4. The smallest absolute Gasteiger partial charge is 0.340 e. The fourth-order valence-electron chi connectivity index (χ4n) is 2.52. The van der Waals surface area contributed by atoms with Gasteiger partial charge in [0.1, 0.15) is 0 Å². The zero-order valence-electron chi connectivity index (χ0n) is 13.4. The van der Waals surface area contributed by atoms with E-state index in [-0.39, 0.29) is 5.97 Å². The van der Waals surface area contributed by atoms with Gasteiger partial charge in [-0.15, -0.1) is 0 Å². The predicted molar refractivity (Wildman–Crippen MR) is 94.2 cm³/mol. The van der Waals surface area contributed by atoms with Gasteiger partial charge in [-0.05, 0) is 24.6 Å². The van der Waals surface area contributed by atoms with Crippen LogP contribution in [0.2, 0.25) is 0 Å². The maximum absolute atomic E-state index is 12.4. The highest BCUT2D eigenvalue weighted by molar-refractivity contribution is 6.01. The minimum atomic E-state index is -0.366. The molecule has 0 aliphatic heterocycles. The summed E-state index contributed by atoms with van der Waals surface area (Å²) >= 11 is 0. The molecule has 0 atom stereocenters. The monoisotopic (exact) mass is 318 g/mol.